The molecule has 0 radical (unpaired) electrons. The topological polar surface area (TPSA) is 84.0 Å². The Hall–Kier alpha value is -2.49. The number of rotatable bonds is 6. The van der Waals surface area contributed by atoms with Gasteiger partial charge in [0.1, 0.15) is 0 Å². The summed E-state index contributed by atoms with van der Waals surface area (Å²) >= 11 is 0.230. The molecule has 2 N–H and O–H groups in total. The lowest BCUT2D eigenvalue weighted by atomic mass is 10.1. The predicted octanol–water partition coefficient (Wildman–Crippen LogP) is 3.48. The fourth-order valence-electron chi connectivity index (χ4n) is 1.96. The molecule has 0 unspecified atom stereocenters. The number of carbonyl (C=O) groups excluding carboxylic acids is 2. The Kier molecular flexibility index (Phi) is 6.07. The monoisotopic (exact) mass is 372 g/mol. The minimum atomic E-state index is -4.60. The third-order valence-corrected chi connectivity index (χ3v) is 4.05. The zero-order chi connectivity index (χ0) is 18.4. The van der Waals surface area contributed by atoms with Crippen LogP contribution in [0.3, 0.4) is 0 Å². The number of halogens is 3. The molecule has 1 aromatic carbocycles. The summed E-state index contributed by atoms with van der Waals surface area (Å²) in [6, 6.07) is 7.29. The van der Waals surface area contributed by atoms with Crippen LogP contribution in [0.25, 0.3) is 0 Å². The lowest BCUT2D eigenvalue weighted by molar-refractivity contribution is -0.138. The van der Waals surface area contributed by atoms with Crippen molar-refractivity contribution in [3.63, 3.8) is 0 Å². The van der Waals surface area contributed by atoms with E-state index in [1.807, 2.05) is 19.1 Å². The van der Waals surface area contributed by atoms with Crippen LogP contribution in [0.5, 0.6) is 0 Å². The number of nitrogens with zero attached hydrogens (tertiary/aromatic N) is 2. The van der Waals surface area contributed by atoms with Gasteiger partial charge in [-0.2, -0.15) is 13.2 Å². The maximum Gasteiger partial charge on any atom is 0.445 e. The fraction of sp³-hybridized carbons (Fsp3) is 0.333. The molecule has 25 heavy (non-hydrogen) atoms. The normalized spacial score (nSPS) is 11.2. The molecule has 0 bridgehead atoms. The van der Waals surface area contributed by atoms with Gasteiger partial charge in [-0.05, 0) is 18.1 Å². The molecule has 0 aliphatic heterocycles. The number of anilines is 2. The number of nitrogens with one attached hydrogen (secondary N) is 2. The van der Waals surface area contributed by atoms with Crippen LogP contribution in [-0.2, 0) is 22.2 Å². The highest BCUT2D eigenvalue weighted by Crippen LogP contribution is 2.33. The molecule has 0 saturated heterocycles. The van der Waals surface area contributed by atoms with Gasteiger partial charge in [-0.1, -0.05) is 36.5 Å². The van der Waals surface area contributed by atoms with Gasteiger partial charge in [0.2, 0.25) is 22.0 Å². The van der Waals surface area contributed by atoms with Crippen LogP contribution in [-0.4, -0.2) is 22.0 Å². The minimum Gasteiger partial charge on any atom is -0.326 e. The van der Waals surface area contributed by atoms with Crippen molar-refractivity contribution in [1.29, 1.82) is 0 Å². The quantitative estimate of drug-likeness (QED) is 0.813. The number of amides is 2. The van der Waals surface area contributed by atoms with Crippen molar-refractivity contribution in [2.75, 3.05) is 10.6 Å². The van der Waals surface area contributed by atoms with Crippen molar-refractivity contribution in [2.45, 2.75) is 32.4 Å². The molecule has 1 aromatic heterocycles. The van der Waals surface area contributed by atoms with Crippen LogP contribution >= 0.6 is 11.3 Å². The van der Waals surface area contributed by atoms with Gasteiger partial charge in [-0.15, -0.1) is 10.2 Å². The molecule has 0 saturated carbocycles. The van der Waals surface area contributed by atoms with Crippen molar-refractivity contribution in [3.8, 4) is 0 Å². The van der Waals surface area contributed by atoms with Gasteiger partial charge in [0.05, 0.1) is 0 Å². The Labute approximate surface area is 145 Å². The van der Waals surface area contributed by atoms with Crippen LogP contribution in [0.15, 0.2) is 24.3 Å². The first kappa shape index (κ1) is 18.8. The summed E-state index contributed by atoms with van der Waals surface area (Å²) in [7, 11) is 0. The summed E-state index contributed by atoms with van der Waals surface area (Å²) in [6.45, 7) is 1.95. The highest BCUT2D eigenvalue weighted by atomic mass is 32.1. The Morgan fingerprint density at radius 2 is 1.72 bits per heavy atom. The lowest BCUT2D eigenvalue weighted by Crippen LogP contribution is -2.17. The Morgan fingerprint density at radius 3 is 2.32 bits per heavy atom. The highest BCUT2D eigenvalue weighted by Gasteiger charge is 2.35. The fourth-order valence-corrected chi connectivity index (χ4v) is 2.59. The second kappa shape index (κ2) is 8.06. The average molecular weight is 372 g/mol. The van der Waals surface area contributed by atoms with Gasteiger partial charge >= 0.3 is 6.18 Å². The van der Waals surface area contributed by atoms with Gasteiger partial charge in [0.25, 0.3) is 0 Å². The minimum absolute atomic E-state index is 0.102. The summed E-state index contributed by atoms with van der Waals surface area (Å²) in [5.41, 5.74) is 1.64. The molecule has 2 rings (SSSR count). The zero-order valence-corrected chi connectivity index (χ0v) is 14.0. The zero-order valence-electron chi connectivity index (χ0n) is 13.2. The molecule has 0 spiro atoms. The van der Waals surface area contributed by atoms with Crippen LogP contribution < -0.4 is 10.6 Å². The third-order valence-electron chi connectivity index (χ3n) is 3.17. The Bertz CT molecular complexity index is 761. The maximum absolute atomic E-state index is 12.4. The van der Waals surface area contributed by atoms with E-state index in [0.717, 1.165) is 12.0 Å². The summed E-state index contributed by atoms with van der Waals surface area (Å²) in [5.74, 6) is -0.965. The van der Waals surface area contributed by atoms with Gasteiger partial charge in [0.15, 0.2) is 0 Å². The van der Waals surface area contributed by atoms with Crippen molar-refractivity contribution in [3.05, 3.63) is 34.8 Å². The summed E-state index contributed by atoms with van der Waals surface area (Å²) in [4.78, 5) is 23.6. The number of hydrogen-bond acceptors (Lipinski definition) is 5. The van der Waals surface area contributed by atoms with Gasteiger partial charge in [0, 0.05) is 18.5 Å². The van der Waals surface area contributed by atoms with E-state index in [1.54, 1.807) is 12.1 Å². The molecule has 2 aromatic rings. The standard InChI is InChI=1S/C15H15F3N4O2S/c1-2-9-5-3-4-6-10(9)19-11(23)7-8-12(24)20-14-22-21-13(25-14)15(16,17)18/h3-6H,2,7-8H2,1H3,(H,19,23)(H,20,22,24). The molecule has 0 aliphatic rings. The Balaban J connectivity index is 1.83. The van der Waals surface area contributed by atoms with E-state index in [2.05, 4.69) is 20.8 Å². The van der Waals surface area contributed by atoms with E-state index >= 15 is 0 Å². The number of benzene rings is 1. The number of alkyl halides is 3. The first-order valence-corrected chi connectivity index (χ1v) is 8.19. The third kappa shape index (κ3) is 5.52. The molecular formula is C15H15F3N4O2S. The number of aryl methyl sites for hydroxylation is 1. The molecule has 1 heterocycles. The van der Waals surface area contributed by atoms with Gasteiger partial charge in [-0.25, -0.2) is 0 Å². The summed E-state index contributed by atoms with van der Waals surface area (Å²) < 4.78 is 37.2. The smallest absolute Gasteiger partial charge is 0.326 e. The molecule has 2 amide bonds. The average Bonchev–Trinajstić information content (AvgIpc) is 3.02. The number of hydrogen-bond donors (Lipinski definition) is 2. The molecule has 10 heteroatoms. The van der Waals surface area contributed by atoms with Crippen LogP contribution in [0.2, 0.25) is 0 Å². The van der Waals surface area contributed by atoms with Crippen molar-refractivity contribution in [2.24, 2.45) is 0 Å². The molecule has 134 valence electrons. The first-order chi connectivity index (χ1) is 11.8. The molecule has 0 atom stereocenters. The lowest BCUT2D eigenvalue weighted by Gasteiger charge is -2.09. The number of para-hydroxylation sites is 1. The largest absolute Gasteiger partial charge is 0.445 e. The summed E-state index contributed by atoms with van der Waals surface area (Å²) in [6.07, 6.45) is -4.14. The predicted molar refractivity (Wildman–Crippen MR) is 87.2 cm³/mol. The van der Waals surface area contributed by atoms with Crippen molar-refractivity contribution in [1.82, 2.24) is 10.2 Å². The van der Waals surface area contributed by atoms with E-state index in [-0.39, 0.29) is 35.2 Å². The maximum atomic E-state index is 12.4. The molecule has 6 nitrogen and oxygen atoms in total. The van der Waals surface area contributed by atoms with Gasteiger partial charge < -0.3 is 10.6 Å². The van der Waals surface area contributed by atoms with E-state index < -0.39 is 17.1 Å². The van der Waals surface area contributed by atoms with E-state index in [4.69, 9.17) is 0 Å². The van der Waals surface area contributed by atoms with Crippen molar-refractivity contribution >= 4 is 34.0 Å². The van der Waals surface area contributed by atoms with E-state index in [9.17, 15) is 22.8 Å². The van der Waals surface area contributed by atoms with E-state index in [1.165, 1.54) is 0 Å². The van der Waals surface area contributed by atoms with Crippen LogP contribution in [0.4, 0.5) is 24.0 Å². The Morgan fingerprint density at radius 1 is 1.08 bits per heavy atom. The second-order valence-electron chi connectivity index (χ2n) is 5.02. The molecule has 0 aliphatic carbocycles. The van der Waals surface area contributed by atoms with Crippen molar-refractivity contribution < 1.29 is 22.8 Å². The van der Waals surface area contributed by atoms with Gasteiger partial charge in [-0.3, -0.25) is 9.59 Å². The number of aromatic nitrogens is 2. The molecule has 0 fully saturated rings. The van der Waals surface area contributed by atoms with E-state index in [0.29, 0.717) is 5.69 Å². The van der Waals surface area contributed by atoms with Crippen LogP contribution in [0.1, 0.15) is 30.3 Å². The molecular weight excluding hydrogens is 357 g/mol. The highest BCUT2D eigenvalue weighted by molar-refractivity contribution is 7.15. The summed E-state index contributed by atoms with van der Waals surface area (Å²) in [5, 5.41) is 9.73. The first-order valence-electron chi connectivity index (χ1n) is 7.38. The van der Waals surface area contributed by atoms with Crippen LogP contribution in [0, 0.1) is 0 Å². The number of carbonyl (C=O) groups is 2. The second-order valence-corrected chi connectivity index (χ2v) is 5.99. The SMILES string of the molecule is CCc1ccccc1NC(=O)CCC(=O)Nc1nnc(C(F)(F)F)s1.